The SMILES string of the molecule is CSC1=C2C=NC(C3CCC3)CC2=C(c2ccn[nH]2)S1=O. The molecule has 0 saturated heterocycles. The van der Waals surface area contributed by atoms with Crippen molar-refractivity contribution in [1.82, 2.24) is 10.2 Å². The normalized spacial score (nSPS) is 29.0. The van der Waals surface area contributed by atoms with E-state index >= 15 is 0 Å². The van der Waals surface area contributed by atoms with Gasteiger partial charge in [-0.25, -0.2) is 4.21 Å². The Hall–Kier alpha value is -1.14. The van der Waals surface area contributed by atoms with E-state index in [4.69, 9.17) is 4.99 Å². The molecule has 110 valence electrons. The maximum Gasteiger partial charge on any atom is 0.0946 e. The van der Waals surface area contributed by atoms with Gasteiger partial charge < -0.3 is 0 Å². The van der Waals surface area contributed by atoms with Crippen LogP contribution < -0.4 is 0 Å². The van der Waals surface area contributed by atoms with Gasteiger partial charge in [0.1, 0.15) is 0 Å². The second kappa shape index (κ2) is 5.25. The Bertz CT molecular complexity index is 684. The van der Waals surface area contributed by atoms with Gasteiger partial charge in [0.05, 0.1) is 31.7 Å². The van der Waals surface area contributed by atoms with Gasteiger partial charge in [-0.3, -0.25) is 10.1 Å². The highest BCUT2D eigenvalue weighted by Gasteiger charge is 2.37. The molecule has 2 unspecified atom stereocenters. The Morgan fingerprint density at radius 3 is 2.90 bits per heavy atom. The third-order valence-electron chi connectivity index (χ3n) is 4.61. The maximum atomic E-state index is 12.8. The van der Waals surface area contributed by atoms with Crippen molar-refractivity contribution in [1.29, 1.82) is 0 Å². The van der Waals surface area contributed by atoms with Crippen LogP contribution in [-0.2, 0) is 10.8 Å². The topological polar surface area (TPSA) is 58.1 Å². The van der Waals surface area contributed by atoms with Gasteiger partial charge in [-0.1, -0.05) is 6.42 Å². The van der Waals surface area contributed by atoms with Gasteiger partial charge in [-0.05, 0) is 43.1 Å². The van der Waals surface area contributed by atoms with E-state index in [9.17, 15) is 4.21 Å². The molecule has 0 bridgehead atoms. The lowest BCUT2D eigenvalue weighted by Gasteiger charge is -2.33. The largest absolute Gasteiger partial charge is 0.289 e. The molecule has 2 aliphatic heterocycles. The van der Waals surface area contributed by atoms with Crippen molar-refractivity contribution in [3.8, 4) is 0 Å². The first-order valence-corrected chi connectivity index (χ1v) is 9.63. The monoisotopic (exact) mass is 319 g/mol. The lowest BCUT2D eigenvalue weighted by atomic mass is 9.76. The molecule has 1 aromatic rings. The molecule has 1 saturated carbocycles. The van der Waals surface area contributed by atoms with Crippen LogP contribution in [0.1, 0.15) is 31.4 Å². The summed E-state index contributed by atoms with van der Waals surface area (Å²) in [4.78, 5) is 5.67. The number of thioether (sulfide) groups is 1. The Kier molecular flexibility index (Phi) is 3.38. The predicted molar refractivity (Wildman–Crippen MR) is 88.4 cm³/mol. The van der Waals surface area contributed by atoms with Gasteiger partial charge in [0.25, 0.3) is 0 Å². The van der Waals surface area contributed by atoms with E-state index in [0.717, 1.165) is 26.8 Å². The van der Waals surface area contributed by atoms with Crippen molar-refractivity contribution < 1.29 is 4.21 Å². The van der Waals surface area contributed by atoms with Gasteiger partial charge in [-0.15, -0.1) is 11.8 Å². The highest BCUT2D eigenvalue weighted by molar-refractivity contribution is 8.19. The fourth-order valence-corrected chi connectivity index (χ4v) is 5.80. The van der Waals surface area contributed by atoms with Crippen LogP contribution in [-0.4, -0.2) is 32.9 Å². The van der Waals surface area contributed by atoms with Crippen LogP contribution in [0.3, 0.4) is 0 Å². The second-order valence-corrected chi connectivity index (χ2v) is 8.12. The number of hydrogen-bond donors (Lipinski definition) is 1. The van der Waals surface area contributed by atoms with Crippen molar-refractivity contribution >= 4 is 33.7 Å². The zero-order valence-electron chi connectivity index (χ0n) is 11.8. The Morgan fingerprint density at radius 2 is 2.29 bits per heavy atom. The second-order valence-electron chi connectivity index (χ2n) is 5.69. The molecule has 21 heavy (non-hydrogen) atoms. The molecule has 3 heterocycles. The number of hydrogen-bond acceptors (Lipinski definition) is 4. The first-order chi connectivity index (χ1) is 10.3. The number of nitrogens with one attached hydrogen (secondary N) is 1. The van der Waals surface area contributed by atoms with Crippen LogP contribution in [0.2, 0.25) is 0 Å². The number of H-pyrrole nitrogens is 1. The van der Waals surface area contributed by atoms with Crippen molar-refractivity contribution in [3.63, 3.8) is 0 Å². The minimum absolute atomic E-state index is 0.369. The summed E-state index contributed by atoms with van der Waals surface area (Å²) < 4.78 is 13.8. The molecular formula is C15H17N3OS2. The number of aliphatic imine (C=N–C) groups is 1. The average molecular weight is 319 g/mol. The molecular weight excluding hydrogens is 302 g/mol. The highest BCUT2D eigenvalue weighted by Crippen LogP contribution is 2.47. The number of fused-ring (bicyclic) bond motifs is 1. The molecule has 3 aliphatic rings. The van der Waals surface area contributed by atoms with Crippen LogP contribution in [0, 0.1) is 5.92 Å². The van der Waals surface area contributed by atoms with Gasteiger partial charge >= 0.3 is 0 Å². The molecule has 6 heteroatoms. The van der Waals surface area contributed by atoms with Crippen LogP contribution in [0.5, 0.6) is 0 Å². The Labute approximate surface area is 130 Å². The zero-order valence-corrected chi connectivity index (χ0v) is 13.5. The summed E-state index contributed by atoms with van der Waals surface area (Å²) in [5.74, 6) is 0.713. The van der Waals surface area contributed by atoms with Crippen LogP contribution in [0.15, 0.2) is 32.6 Å². The van der Waals surface area contributed by atoms with E-state index in [0.29, 0.717) is 12.0 Å². The minimum Gasteiger partial charge on any atom is -0.289 e. The van der Waals surface area contributed by atoms with Gasteiger partial charge in [-0.2, -0.15) is 5.10 Å². The number of aromatic amines is 1. The van der Waals surface area contributed by atoms with E-state index in [1.165, 1.54) is 24.8 Å². The fraction of sp³-hybridized carbons (Fsp3) is 0.467. The highest BCUT2D eigenvalue weighted by atomic mass is 32.2. The molecule has 1 aliphatic carbocycles. The summed E-state index contributed by atoms with van der Waals surface area (Å²) >= 11 is 1.57. The predicted octanol–water partition coefficient (Wildman–Crippen LogP) is 3.10. The number of allylic oxidation sites excluding steroid dienone is 1. The number of nitrogens with zero attached hydrogens (tertiary/aromatic N) is 2. The number of rotatable bonds is 3. The van der Waals surface area contributed by atoms with Crippen LogP contribution in [0.25, 0.3) is 4.91 Å². The summed E-state index contributed by atoms with van der Waals surface area (Å²) in [7, 11) is -1.10. The standard InChI is InChI=1S/C15H17N3OS2/c1-20-15-11-8-16-13(9-3-2-4-9)7-10(11)14(21(15)19)12-5-6-17-18-12/h5-6,8-9,13H,2-4,7H2,1H3,(H,17,18). The summed E-state index contributed by atoms with van der Waals surface area (Å²) in [6.07, 6.45) is 10.5. The van der Waals surface area contributed by atoms with Crippen molar-refractivity contribution in [2.75, 3.05) is 6.26 Å². The summed E-state index contributed by atoms with van der Waals surface area (Å²) in [6, 6.07) is 2.28. The molecule has 0 spiro atoms. The maximum absolute atomic E-state index is 12.8. The molecule has 4 nitrogen and oxygen atoms in total. The van der Waals surface area contributed by atoms with Gasteiger partial charge in [0, 0.05) is 18.0 Å². The van der Waals surface area contributed by atoms with Crippen LogP contribution >= 0.6 is 11.8 Å². The van der Waals surface area contributed by atoms with Crippen LogP contribution in [0.4, 0.5) is 0 Å². The molecule has 0 aromatic carbocycles. The lowest BCUT2D eigenvalue weighted by Crippen LogP contribution is -2.28. The smallest absolute Gasteiger partial charge is 0.0946 e. The van der Waals surface area contributed by atoms with E-state index in [-0.39, 0.29) is 0 Å². The first kappa shape index (κ1) is 13.5. The van der Waals surface area contributed by atoms with Gasteiger partial charge in [0.2, 0.25) is 0 Å². The summed E-state index contributed by atoms with van der Waals surface area (Å²) in [5, 5.41) is 7.00. The van der Waals surface area contributed by atoms with E-state index in [1.807, 2.05) is 18.5 Å². The first-order valence-electron chi connectivity index (χ1n) is 7.26. The van der Waals surface area contributed by atoms with Gasteiger partial charge in [0.15, 0.2) is 0 Å². The Morgan fingerprint density at radius 1 is 1.43 bits per heavy atom. The molecule has 1 fully saturated rings. The van der Waals surface area contributed by atoms with Crippen molar-refractivity contribution in [2.45, 2.75) is 31.7 Å². The third-order valence-corrected chi connectivity index (χ3v) is 7.54. The summed E-state index contributed by atoms with van der Waals surface area (Å²) in [6.45, 7) is 0. The molecule has 0 radical (unpaired) electrons. The fourth-order valence-electron chi connectivity index (χ4n) is 3.26. The molecule has 0 amide bonds. The Balaban J connectivity index is 1.79. The molecule has 1 N–H and O–H groups in total. The van der Waals surface area contributed by atoms with Crippen molar-refractivity contribution in [3.05, 3.63) is 33.3 Å². The third kappa shape index (κ3) is 2.07. The van der Waals surface area contributed by atoms with E-state index < -0.39 is 10.8 Å². The van der Waals surface area contributed by atoms with E-state index in [2.05, 4.69) is 10.2 Å². The number of aromatic nitrogens is 2. The van der Waals surface area contributed by atoms with Crippen molar-refractivity contribution in [2.24, 2.45) is 10.9 Å². The molecule has 1 aromatic heterocycles. The summed E-state index contributed by atoms with van der Waals surface area (Å²) in [5.41, 5.74) is 3.18. The minimum atomic E-state index is -1.10. The quantitative estimate of drug-likeness (QED) is 0.931. The lowest BCUT2D eigenvalue weighted by molar-refractivity contribution is 0.261. The average Bonchev–Trinajstić information content (AvgIpc) is 3.01. The van der Waals surface area contributed by atoms with E-state index in [1.54, 1.807) is 18.0 Å². The zero-order chi connectivity index (χ0) is 14.4. The molecule has 2 atom stereocenters. The molecule has 4 rings (SSSR count).